The first-order chi connectivity index (χ1) is 3.50. The summed E-state index contributed by atoms with van der Waals surface area (Å²) >= 11 is 0. The Kier molecular flexibility index (Phi) is 11.1. The molecule has 0 aromatic heterocycles. The normalized spacial score (nSPS) is 11.7. The van der Waals surface area contributed by atoms with Gasteiger partial charge in [-0.05, 0) is 0 Å². The van der Waals surface area contributed by atoms with Gasteiger partial charge in [0.1, 0.15) is 6.30 Å². The Morgan fingerprint density at radius 1 is 1.27 bits per heavy atom. The van der Waals surface area contributed by atoms with E-state index in [1.165, 1.54) is 0 Å². The van der Waals surface area contributed by atoms with E-state index in [4.69, 9.17) is 5.73 Å². The molecule has 0 aliphatic carbocycles. The minimum Gasteiger partial charge on any atom is -0.640 e. The predicted octanol–water partition coefficient (Wildman–Crippen LogP) is 1.57. The summed E-state index contributed by atoms with van der Waals surface area (Å²) in [5, 5.41) is 0. The first kappa shape index (κ1) is 25.2. The number of nitrogens with one attached hydrogen (secondary N) is 1. The minimum absolute atomic E-state index is 0. The van der Waals surface area contributed by atoms with Crippen LogP contribution in [0.25, 0.3) is 5.73 Å². The molecular formula is C3H5F3NORf3-. The Bertz CT molecular complexity index is 84.2. The fourth-order valence-electron chi connectivity index (χ4n) is 0.103. The molecule has 0 aromatic rings. The second-order valence-electron chi connectivity index (χ2n) is 1.13. The maximum atomic E-state index is 11.5. The first-order valence-corrected chi connectivity index (χ1v) is 1.79. The Labute approximate surface area is 44.4 Å². The molecule has 56 valence electrons. The van der Waals surface area contributed by atoms with E-state index in [0.29, 0.717) is 7.11 Å². The zero-order chi connectivity index (χ0) is 6.78. The third kappa shape index (κ3) is 4.57. The summed E-state index contributed by atoms with van der Waals surface area (Å²) in [7, 11) is 0.640. The van der Waals surface area contributed by atoms with E-state index in [9.17, 15) is 13.2 Å². The van der Waals surface area contributed by atoms with Gasteiger partial charge < -0.3 is 10.5 Å². The smallest absolute Gasteiger partial charge is 0.367 e. The fourth-order valence-corrected chi connectivity index (χ4v) is 0.103. The summed E-state index contributed by atoms with van der Waals surface area (Å²) in [6, 6.07) is 0. The van der Waals surface area contributed by atoms with E-state index in [1.54, 1.807) is 0 Å². The number of alkyl halides is 3. The van der Waals surface area contributed by atoms with Gasteiger partial charge in [0.05, 0.1) is 0 Å². The Hall–Kier alpha value is -3.29. The van der Waals surface area contributed by atoms with Crippen LogP contribution in [0, 0.1) is 0 Å². The van der Waals surface area contributed by atoms with Crippen LogP contribution in [0.1, 0.15) is 0 Å². The molecule has 8 heteroatoms. The molecule has 1 unspecified atom stereocenters. The van der Waals surface area contributed by atoms with Gasteiger partial charge >= 0.3 is 6.11 Å². The summed E-state index contributed by atoms with van der Waals surface area (Å²) in [4.78, 5) is 0. The molecule has 11 heavy (non-hydrogen) atoms. The van der Waals surface area contributed by atoms with Crippen LogP contribution in [0.15, 0.2) is 0 Å². The summed E-state index contributed by atoms with van der Waals surface area (Å²) in [6.07, 6.45) is -6.95. The molecule has 0 aliphatic heterocycles. The molecule has 1 N–H and O–H groups in total. The van der Waals surface area contributed by atoms with Gasteiger partial charge in [0, 0.05) is 7.11 Å². The van der Waals surface area contributed by atoms with Gasteiger partial charge in [-0.2, -0.15) is 8.78 Å². The topological polar surface area (TPSA) is 33.0 Å². The molecule has 0 fully saturated rings. The van der Waals surface area contributed by atoms with E-state index in [1.807, 2.05) is 0 Å². The van der Waals surface area contributed by atoms with E-state index in [2.05, 4.69) is 4.74 Å². The van der Waals surface area contributed by atoms with Crippen LogP contribution in [0.4, 0.5) is 13.2 Å². The maximum Gasteiger partial charge on any atom is 0.367 e. The van der Waals surface area contributed by atoms with E-state index >= 15 is 0 Å². The van der Waals surface area contributed by atoms with Crippen LogP contribution in [-0.4, -0.2) is 19.5 Å². The Morgan fingerprint density at radius 3 is 1.55 bits per heavy atom. The van der Waals surface area contributed by atoms with E-state index in [-0.39, 0.29) is 0 Å². The molecule has 0 bridgehead atoms. The number of hydrogen-bond acceptors (Lipinski definition) is 1. The standard InChI is InChI=1S/C3H5F3NO.3Rf/c1-8-3(5,6)2(4)7;;;/h2,7H,1H3;;;/q-1;;;. The zero-order valence-corrected chi connectivity index (χ0v) is 25.4. The molecule has 0 aromatic carbocycles. The summed E-state index contributed by atoms with van der Waals surface area (Å²) in [6.45, 7) is 0. The molecule has 0 saturated heterocycles. The van der Waals surface area contributed by atoms with E-state index in [0.717, 1.165) is 0 Å². The molecule has 0 radical (unpaired) electrons. The Morgan fingerprint density at radius 2 is 1.55 bits per heavy atom. The van der Waals surface area contributed by atoms with Crippen molar-refractivity contribution in [2.24, 2.45) is 0 Å². The van der Waals surface area contributed by atoms with Crippen molar-refractivity contribution in [1.29, 1.82) is 0 Å². The van der Waals surface area contributed by atoms with Crippen LogP contribution in [0.5, 0.6) is 0 Å². The number of ether oxygens (including phenoxy) is 1. The summed E-state index contributed by atoms with van der Waals surface area (Å²) in [5.41, 5.74) is 5.84. The maximum absolute atomic E-state index is 11.5. The third-order valence-corrected chi connectivity index (χ3v) is 0.567. The molecule has 0 spiro atoms. The zero-order valence-electron chi connectivity index (χ0n) is 6.24. The summed E-state index contributed by atoms with van der Waals surface area (Å²) in [5.74, 6) is 0. The van der Waals surface area contributed by atoms with Gasteiger partial charge in [-0.3, -0.25) is 4.39 Å². The predicted molar refractivity (Wildman–Crippen MR) is 21.2 cm³/mol. The van der Waals surface area contributed by atoms with Gasteiger partial charge in [-0.25, -0.2) is 0 Å². The van der Waals surface area contributed by atoms with Crippen molar-refractivity contribution >= 4 is 0 Å². The largest absolute Gasteiger partial charge is 0.640 e. The van der Waals surface area contributed by atoms with Gasteiger partial charge in [0.15, 0.2) is 0 Å². The third-order valence-electron chi connectivity index (χ3n) is 0.567. The van der Waals surface area contributed by atoms with Crippen LogP contribution < -0.4 is 0 Å². The Balaban J connectivity index is -0.0000000817. The average Bonchev–Trinajstić information content (AvgIpc) is 1.67. The fraction of sp³-hybridized carbons (Fsp3) is 1.00. The van der Waals surface area contributed by atoms with Crippen molar-refractivity contribution in [3.63, 3.8) is 0 Å². The molecular weight excluding hydrogens is 924 g/mol. The van der Waals surface area contributed by atoms with Crippen molar-refractivity contribution in [2.45, 2.75) is 12.4 Å². The van der Waals surface area contributed by atoms with Crippen LogP contribution in [0.3, 0.4) is 0 Å². The average molecular weight is 929 g/mol. The van der Waals surface area contributed by atoms with Gasteiger partial charge in [-0.1, -0.05) is 0 Å². The number of rotatable bonds is 2. The van der Waals surface area contributed by atoms with Crippen molar-refractivity contribution < 1.29 is 17.9 Å². The van der Waals surface area contributed by atoms with Gasteiger partial charge in [0.25, 0.3) is 0 Å². The van der Waals surface area contributed by atoms with Crippen LogP contribution in [0.2, 0.25) is 0 Å². The van der Waals surface area contributed by atoms with Gasteiger partial charge in [-0.15, -0.1) is 0 Å². The molecule has 1 atom stereocenters. The number of halogens is 3. The van der Waals surface area contributed by atoms with Gasteiger partial charge in [0.2, 0.25) is 0 Å². The van der Waals surface area contributed by atoms with Crippen molar-refractivity contribution in [1.82, 2.24) is 0 Å². The number of methoxy groups -OCH3 is 1. The van der Waals surface area contributed by atoms with Crippen molar-refractivity contribution in [3.8, 4) is 0 Å². The second kappa shape index (κ2) is 4.86. The first-order valence-electron chi connectivity index (χ1n) is 1.79. The molecule has 2 nitrogen and oxygen atoms in total. The molecule has 0 saturated carbocycles. The molecule has 0 amide bonds. The molecule has 0 rings (SSSR count). The monoisotopic (exact) mass is 929 g/mol. The van der Waals surface area contributed by atoms with Crippen molar-refractivity contribution in [2.75, 3.05) is 7.11 Å². The van der Waals surface area contributed by atoms with Crippen molar-refractivity contribution in [3.05, 3.63) is 5.73 Å². The van der Waals surface area contributed by atoms with Crippen LogP contribution >= 0.6 is 0 Å². The second-order valence-corrected chi connectivity index (χ2v) is 1.13. The molecule has 0 aliphatic rings. The van der Waals surface area contributed by atoms with Crippen LogP contribution in [-0.2, 0) is 4.74 Å². The minimum atomic E-state index is -3.96. The summed E-state index contributed by atoms with van der Waals surface area (Å²) < 4.78 is 37.6. The SMILES string of the molecule is COC(F)(F)C([NH-])F.[Rf].[Rf].[Rf]. The number of hydrogen-bond donors (Lipinski definition) is 0. The quantitative estimate of drug-likeness (QED) is 0.388. The molecule has 0 heterocycles. The van der Waals surface area contributed by atoms with E-state index < -0.39 is 12.4 Å².